The van der Waals surface area contributed by atoms with Crippen molar-refractivity contribution in [2.45, 2.75) is 58.1 Å². The lowest BCUT2D eigenvalue weighted by atomic mass is 9.97. The zero-order valence-electron chi connectivity index (χ0n) is 12.3. The van der Waals surface area contributed by atoms with Crippen LogP contribution in [-0.2, 0) is 6.42 Å². The Morgan fingerprint density at radius 1 is 1.26 bits per heavy atom. The van der Waals surface area contributed by atoms with E-state index in [4.69, 9.17) is 0 Å². The number of benzene rings is 1. The van der Waals surface area contributed by atoms with Gasteiger partial charge in [0.15, 0.2) is 0 Å². The summed E-state index contributed by atoms with van der Waals surface area (Å²) in [7, 11) is 0. The zero-order valence-corrected chi connectivity index (χ0v) is 12.3. The first kappa shape index (κ1) is 14.5. The molecule has 0 saturated carbocycles. The van der Waals surface area contributed by atoms with Crippen LogP contribution in [-0.4, -0.2) is 29.1 Å². The first-order valence-electron chi connectivity index (χ1n) is 7.77. The molecule has 0 saturated heterocycles. The van der Waals surface area contributed by atoms with E-state index in [2.05, 4.69) is 36.9 Å². The zero-order chi connectivity index (χ0) is 13.7. The maximum Gasteiger partial charge on any atom is 0.0947 e. The van der Waals surface area contributed by atoms with Gasteiger partial charge in [-0.2, -0.15) is 0 Å². The summed E-state index contributed by atoms with van der Waals surface area (Å²) in [4.78, 5) is 2.47. The summed E-state index contributed by atoms with van der Waals surface area (Å²) in [6, 6.07) is 8.70. The fraction of sp³-hybridized carbons (Fsp3) is 0.647. The predicted molar refractivity (Wildman–Crippen MR) is 80.3 cm³/mol. The molecular weight excluding hydrogens is 234 g/mol. The van der Waals surface area contributed by atoms with Gasteiger partial charge in [-0.05, 0) is 49.9 Å². The molecule has 2 unspecified atom stereocenters. The monoisotopic (exact) mass is 261 g/mol. The molecule has 1 aromatic rings. The molecule has 0 fully saturated rings. The molecule has 1 aromatic carbocycles. The third-order valence-electron chi connectivity index (χ3n) is 4.36. The van der Waals surface area contributed by atoms with Crippen molar-refractivity contribution >= 4 is 0 Å². The first-order valence-corrected chi connectivity index (χ1v) is 7.77. The average Bonchev–Trinajstić information content (AvgIpc) is 2.61. The van der Waals surface area contributed by atoms with Crippen LogP contribution in [0.4, 0.5) is 0 Å². The topological polar surface area (TPSA) is 23.5 Å². The third kappa shape index (κ3) is 3.37. The van der Waals surface area contributed by atoms with Crippen molar-refractivity contribution in [2.24, 2.45) is 0 Å². The van der Waals surface area contributed by atoms with Gasteiger partial charge in [-0.15, -0.1) is 0 Å². The Bertz CT molecular complexity index is 391. The summed E-state index contributed by atoms with van der Waals surface area (Å²) >= 11 is 0. The molecule has 2 atom stereocenters. The molecule has 2 rings (SSSR count). The number of hydrogen-bond donors (Lipinski definition) is 1. The molecule has 19 heavy (non-hydrogen) atoms. The maximum absolute atomic E-state index is 10.8. The highest BCUT2D eigenvalue weighted by Gasteiger charge is 2.29. The number of rotatable bonds is 5. The lowest BCUT2D eigenvalue weighted by Gasteiger charge is -2.33. The quantitative estimate of drug-likeness (QED) is 0.819. The number of hydrogen-bond acceptors (Lipinski definition) is 2. The van der Waals surface area contributed by atoms with E-state index < -0.39 is 0 Å². The van der Waals surface area contributed by atoms with Gasteiger partial charge in [-0.3, -0.25) is 4.90 Å². The van der Waals surface area contributed by atoms with Crippen molar-refractivity contribution in [1.82, 2.24) is 4.90 Å². The van der Waals surface area contributed by atoms with E-state index in [0.29, 0.717) is 6.04 Å². The number of nitrogens with zero attached hydrogens (tertiary/aromatic N) is 1. The van der Waals surface area contributed by atoms with Crippen molar-refractivity contribution < 1.29 is 5.11 Å². The third-order valence-corrected chi connectivity index (χ3v) is 4.36. The van der Waals surface area contributed by atoms with E-state index in [9.17, 15) is 5.11 Å². The van der Waals surface area contributed by atoms with Crippen LogP contribution >= 0.6 is 0 Å². The second-order valence-corrected chi connectivity index (χ2v) is 5.59. The summed E-state index contributed by atoms with van der Waals surface area (Å²) in [5.41, 5.74) is 2.49. The van der Waals surface area contributed by atoms with Crippen molar-refractivity contribution in [1.29, 1.82) is 0 Å². The van der Waals surface area contributed by atoms with Gasteiger partial charge in [-0.1, -0.05) is 44.5 Å². The van der Waals surface area contributed by atoms with Crippen molar-refractivity contribution in [3.63, 3.8) is 0 Å². The molecule has 0 aromatic heterocycles. The minimum Gasteiger partial charge on any atom is -0.387 e. The minimum absolute atomic E-state index is 0.292. The Morgan fingerprint density at radius 3 is 2.79 bits per heavy atom. The van der Waals surface area contributed by atoms with Gasteiger partial charge < -0.3 is 5.11 Å². The fourth-order valence-electron chi connectivity index (χ4n) is 3.22. The smallest absolute Gasteiger partial charge is 0.0947 e. The molecule has 1 N–H and O–H groups in total. The number of aryl methyl sites for hydroxylation is 1. The Labute approximate surface area is 117 Å². The van der Waals surface area contributed by atoms with Gasteiger partial charge in [0.2, 0.25) is 0 Å². The molecule has 0 radical (unpaired) electrons. The molecule has 106 valence electrons. The lowest BCUT2D eigenvalue weighted by molar-refractivity contribution is 0.0466. The second kappa shape index (κ2) is 7.06. The van der Waals surface area contributed by atoms with Crippen LogP contribution in [0.2, 0.25) is 0 Å². The SMILES string of the molecule is CCCCN(CC)C1CCCc2ccccc2C1O. The molecule has 2 heteroatoms. The van der Waals surface area contributed by atoms with Crippen molar-refractivity contribution in [3.8, 4) is 0 Å². The number of unbranched alkanes of at least 4 members (excludes halogenated alkanes) is 1. The van der Waals surface area contributed by atoms with Gasteiger partial charge in [0, 0.05) is 6.04 Å². The molecule has 1 aliphatic carbocycles. The van der Waals surface area contributed by atoms with Crippen molar-refractivity contribution in [3.05, 3.63) is 35.4 Å². The summed E-state index contributed by atoms with van der Waals surface area (Å²) in [6.07, 6.45) is 5.51. The van der Waals surface area contributed by atoms with Crippen LogP contribution in [0, 0.1) is 0 Å². The standard InChI is InChI=1S/C17H27NO/c1-3-5-13-18(4-2)16-12-8-10-14-9-6-7-11-15(14)17(16)19/h6-7,9,11,16-17,19H,3-5,8,10,12-13H2,1-2H3. The molecule has 0 amide bonds. The van der Waals surface area contributed by atoms with E-state index in [1.165, 1.54) is 24.8 Å². The van der Waals surface area contributed by atoms with Gasteiger partial charge in [-0.25, -0.2) is 0 Å². The van der Waals surface area contributed by atoms with Crippen LogP contribution in [0.1, 0.15) is 56.8 Å². The molecule has 0 aliphatic heterocycles. The van der Waals surface area contributed by atoms with Gasteiger partial charge in [0.05, 0.1) is 6.10 Å². The molecule has 0 spiro atoms. The fourth-order valence-corrected chi connectivity index (χ4v) is 3.22. The molecular formula is C17H27NO. The Kier molecular flexibility index (Phi) is 5.41. The van der Waals surface area contributed by atoms with Gasteiger partial charge in [0.25, 0.3) is 0 Å². The summed E-state index contributed by atoms with van der Waals surface area (Å²) in [5.74, 6) is 0. The van der Waals surface area contributed by atoms with Crippen LogP contribution in [0.5, 0.6) is 0 Å². The van der Waals surface area contributed by atoms with E-state index in [-0.39, 0.29) is 6.10 Å². The van der Waals surface area contributed by atoms with Crippen LogP contribution in [0.15, 0.2) is 24.3 Å². The number of likely N-dealkylation sites (N-methyl/N-ethyl adjacent to an activating group) is 1. The molecule has 0 bridgehead atoms. The number of aliphatic hydroxyl groups is 1. The predicted octanol–water partition coefficient (Wildman–Crippen LogP) is 3.55. The van der Waals surface area contributed by atoms with E-state index >= 15 is 0 Å². The number of fused-ring (bicyclic) bond motifs is 1. The molecule has 0 heterocycles. The van der Waals surface area contributed by atoms with E-state index in [1.54, 1.807) is 0 Å². The highest BCUT2D eigenvalue weighted by molar-refractivity contribution is 5.31. The van der Waals surface area contributed by atoms with Crippen molar-refractivity contribution in [2.75, 3.05) is 13.1 Å². The summed E-state index contributed by atoms with van der Waals surface area (Å²) < 4.78 is 0. The van der Waals surface area contributed by atoms with Crippen LogP contribution in [0.25, 0.3) is 0 Å². The normalized spacial score (nSPS) is 23.2. The van der Waals surface area contributed by atoms with Crippen LogP contribution < -0.4 is 0 Å². The van der Waals surface area contributed by atoms with Crippen LogP contribution in [0.3, 0.4) is 0 Å². The van der Waals surface area contributed by atoms with E-state index in [1.807, 2.05) is 6.07 Å². The second-order valence-electron chi connectivity index (χ2n) is 5.59. The van der Waals surface area contributed by atoms with E-state index in [0.717, 1.165) is 31.5 Å². The summed E-state index contributed by atoms with van der Waals surface area (Å²) in [6.45, 7) is 6.58. The van der Waals surface area contributed by atoms with Gasteiger partial charge >= 0.3 is 0 Å². The Balaban J connectivity index is 2.17. The Hall–Kier alpha value is -0.860. The van der Waals surface area contributed by atoms with Gasteiger partial charge in [0.1, 0.15) is 0 Å². The Morgan fingerprint density at radius 2 is 2.05 bits per heavy atom. The lowest BCUT2D eigenvalue weighted by Crippen LogP contribution is -2.40. The maximum atomic E-state index is 10.8. The molecule has 2 nitrogen and oxygen atoms in total. The average molecular weight is 261 g/mol. The highest BCUT2D eigenvalue weighted by atomic mass is 16.3. The minimum atomic E-state index is -0.324. The highest BCUT2D eigenvalue weighted by Crippen LogP contribution is 2.31. The molecule has 1 aliphatic rings. The first-order chi connectivity index (χ1) is 9.27. The summed E-state index contributed by atoms with van der Waals surface area (Å²) in [5, 5.41) is 10.8. The number of aliphatic hydroxyl groups excluding tert-OH is 1. The largest absolute Gasteiger partial charge is 0.387 e.